The lowest BCUT2D eigenvalue weighted by atomic mass is 10.1. The maximum Gasteiger partial charge on any atom is 0.223 e. The summed E-state index contributed by atoms with van der Waals surface area (Å²) < 4.78 is 1.72. The molecule has 1 atom stereocenters. The number of amides is 1. The molecule has 1 aliphatic heterocycles. The first-order chi connectivity index (χ1) is 11.0. The van der Waals surface area contributed by atoms with Gasteiger partial charge in [-0.2, -0.15) is 5.10 Å². The number of hydrogen-bond donors (Lipinski definition) is 0. The molecular weight excluding hydrogens is 312 g/mol. The number of aryl methyl sites for hydroxylation is 2. The molecule has 0 spiro atoms. The second-order valence-electron chi connectivity index (χ2n) is 7.23. The molecule has 23 heavy (non-hydrogen) atoms. The summed E-state index contributed by atoms with van der Waals surface area (Å²) in [7, 11) is 3.97. The molecule has 2 heterocycles. The van der Waals surface area contributed by atoms with Gasteiger partial charge in [0.25, 0.3) is 0 Å². The lowest BCUT2D eigenvalue weighted by Crippen LogP contribution is -2.35. The van der Waals surface area contributed by atoms with Crippen LogP contribution in [0, 0.1) is 12.8 Å². The minimum atomic E-state index is 0.353. The zero-order chi connectivity index (χ0) is 16.6. The topological polar surface area (TPSA) is 41.4 Å². The SMILES string of the molecule is Cc1nn(C)c(Cl)c1CN(C)C[C@@H]1CC(=O)N(C2CCCC2)C1. The van der Waals surface area contributed by atoms with Crippen LogP contribution in [0.15, 0.2) is 0 Å². The van der Waals surface area contributed by atoms with Crippen molar-refractivity contribution in [3.63, 3.8) is 0 Å². The maximum absolute atomic E-state index is 12.3. The van der Waals surface area contributed by atoms with E-state index in [2.05, 4.69) is 21.9 Å². The summed E-state index contributed by atoms with van der Waals surface area (Å²) in [6.07, 6.45) is 5.63. The van der Waals surface area contributed by atoms with Gasteiger partial charge in [-0.15, -0.1) is 0 Å². The van der Waals surface area contributed by atoms with Crippen LogP contribution in [0.1, 0.15) is 43.4 Å². The van der Waals surface area contributed by atoms with Crippen LogP contribution in [-0.2, 0) is 18.4 Å². The van der Waals surface area contributed by atoms with E-state index >= 15 is 0 Å². The van der Waals surface area contributed by atoms with Gasteiger partial charge in [-0.1, -0.05) is 24.4 Å². The Balaban J connectivity index is 1.56. The van der Waals surface area contributed by atoms with E-state index in [1.54, 1.807) is 4.68 Å². The number of rotatable bonds is 5. The molecule has 0 radical (unpaired) electrons. The largest absolute Gasteiger partial charge is 0.339 e. The molecule has 0 aromatic carbocycles. The van der Waals surface area contributed by atoms with Crippen molar-refractivity contribution in [3.8, 4) is 0 Å². The lowest BCUT2D eigenvalue weighted by molar-refractivity contribution is -0.129. The molecule has 0 N–H and O–H groups in total. The van der Waals surface area contributed by atoms with Crippen molar-refractivity contribution in [2.75, 3.05) is 20.1 Å². The van der Waals surface area contributed by atoms with Crippen LogP contribution in [-0.4, -0.2) is 51.7 Å². The van der Waals surface area contributed by atoms with Crippen LogP contribution < -0.4 is 0 Å². The van der Waals surface area contributed by atoms with Crippen LogP contribution >= 0.6 is 11.6 Å². The van der Waals surface area contributed by atoms with Crippen LogP contribution in [0.25, 0.3) is 0 Å². The van der Waals surface area contributed by atoms with Crippen molar-refractivity contribution in [1.29, 1.82) is 0 Å². The number of carbonyl (C=O) groups is 1. The number of carbonyl (C=O) groups excluding carboxylic acids is 1. The summed E-state index contributed by atoms with van der Waals surface area (Å²) in [5.41, 5.74) is 2.08. The van der Waals surface area contributed by atoms with E-state index < -0.39 is 0 Å². The molecule has 1 aromatic heterocycles. The maximum atomic E-state index is 12.3. The lowest BCUT2D eigenvalue weighted by Gasteiger charge is -2.25. The standard InChI is InChI=1S/C17H27ClN4O/c1-12-15(17(18)21(3)19-12)11-20(2)9-13-8-16(23)22(10-13)14-6-4-5-7-14/h13-14H,4-11H2,1-3H3/t13-/m0/s1. The van der Waals surface area contributed by atoms with Crippen LogP contribution in [0.2, 0.25) is 5.15 Å². The first-order valence-corrected chi connectivity index (χ1v) is 8.99. The van der Waals surface area contributed by atoms with Gasteiger partial charge in [0.1, 0.15) is 5.15 Å². The number of halogens is 1. The average Bonchev–Trinajstić information content (AvgIpc) is 3.17. The number of aromatic nitrogens is 2. The molecule has 2 fully saturated rings. The normalized spacial score (nSPS) is 22.7. The molecule has 6 heteroatoms. The third-order valence-electron chi connectivity index (χ3n) is 5.27. The number of likely N-dealkylation sites (tertiary alicyclic amines) is 1. The van der Waals surface area contributed by atoms with Gasteiger partial charge in [0.15, 0.2) is 0 Å². The van der Waals surface area contributed by atoms with E-state index in [0.29, 0.717) is 29.4 Å². The Kier molecular flexibility index (Phi) is 4.97. The van der Waals surface area contributed by atoms with Crippen molar-refractivity contribution in [3.05, 3.63) is 16.4 Å². The summed E-state index contributed by atoms with van der Waals surface area (Å²) in [5, 5.41) is 5.08. The second-order valence-corrected chi connectivity index (χ2v) is 7.59. The van der Waals surface area contributed by atoms with E-state index in [0.717, 1.165) is 30.9 Å². The van der Waals surface area contributed by atoms with Crippen LogP contribution in [0.3, 0.4) is 0 Å². The van der Waals surface area contributed by atoms with Gasteiger partial charge in [-0.3, -0.25) is 9.48 Å². The molecular formula is C17H27ClN4O. The van der Waals surface area contributed by atoms with E-state index in [9.17, 15) is 4.79 Å². The Morgan fingerprint density at radius 1 is 1.35 bits per heavy atom. The average molecular weight is 339 g/mol. The zero-order valence-electron chi connectivity index (χ0n) is 14.4. The van der Waals surface area contributed by atoms with E-state index in [1.165, 1.54) is 25.7 Å². The molecule has 1 saturated heterocycles. The first-order valence-electron chi connectivity index (χ1n) is 8.61. The highest BCUT2D eigenvalue weighted by atomic mass is 35.5. The van der Waals surface area contributed by atoms with Crippen molar-refractivity contribution >= 4 is 17.5 Å². The summed E-state index contributed by atoms with van der Waals surface area (Å²) in [5.74, 6) is 0.787. The molecule has 1 aromatic rings. The predicted molar refractivity (Wildman–Crippen MR) is 91.4 cm³/mol. The van der Waals surface area contributed by atoms with Crippen LogP contribution in [0.4, 0.5) is 0 Å². The van der Waals surface area contributed by atoms with E-state index in [-0.39, 0.29) is 0 Å². The van der Waals surface area contributed by atoms with E-state index in [1.807, 2.05) is 14.0 Å². The number of nitrogens with zero attached hydrogens (tertiary/aromatic N) is 4. The highest BCUT2D eigenvalue weighted by Gasteiger charge is 2.35. The zero-order valence-corrected chi connectivity index (χ0v) is 15.1. The first kappa shape index (κ1) is 16.8. The van der Waals surface area contributed by atoms with Gasteiger partial charge in [0.2, 0.25) is 5.91 Å². The van der Waals surface area contributed by atoms with Gasteiger partial charge in [-0.25, -0.2) is 0 Å². The van der Waals surface area contributed by atoms with Crippen molar-refractivity contribution in [2.45, 2.75) is 51.6 Å². The van der Waals surface area contributed by atoms with Crippen molar-refractivity contribution in [1.82, 2.24) is 19.6 Å². The van der Waals surface area contributed by atoms with E-state index in [4.69, 9.17) is 11.6 Å². The Morgan fingerprint density at radius 2 is 2.04 bits per heavy atom. The fraction of sp³-hybridized carbons (Fsp3) is 0.765. The quantitative estimate of drug-likeness (QED) is 0.828. The molecule has 128 valence electrons. The second kappa shape index (κ2) is 6.81. The minimum Gasteiger partial charge on any atom is -0.339 e. The van der Waals surface area contributed by atoms with Gasteiger partial charge < -0.3 is 9.80 Å². The molecule has 1 aliphatic carbocycles. The van der Waals surface area contributed by atoms with Gasteiger partial charge in [0, 0.05) is 44.7 Å². The molecule has 1 amide bonds. The van der Waals surface area contributed by atoms with Gasteiger partial charge >= 0.3 is 0 Å². The van der Waals surface area contributed by atoms with Crippen molar-refractivity contribution in [2.24, 2.45) is 13.0 Å². The molecule has 0 bridgehead atoms. The summed E-state index contributed by atoms with van der Waals surface area (Å²) in [6, 6.07) is 0.507. The molecule has 1 saturated carbocycles. The monoisotopic (exact) mass is 338 g/mol. The fourth-order valence-electron chi connectivity index (χ4n) is 4.13. The highest BCUT2D eigenvalue weighted by Crippen LogP contribution is 2.30. The van der Waals surface area contributed by atoms with Crippen molar-refractivity contribution < 1.29 is 4.79 Å². The highest BCUT2D eigenvalue weighted by molar-refractivity contribution is 6.30. The Morgan fingerprint density at radius 3 is 2.65 bits per heavy atom. The van der Waals surface area contributed by atoms with Gasteiger partial charge in [0.05, 0.1) is 5.69 Å². The minimum absolute atomic E-state index is 0.353. The summed E-state index contributed by atoms with van der Waals surface area (Å²) in [6.45, 7) is 4.63. The molecule has 5 nitrogen and oxygen atoms in total. The Labute approximate surface area is 143 Å². The smallest absolute Gasteiger partial charge is 0.223 e. The third-order valence-corrected chi connectivity index (χ3v) is 5.74. The molecule has 3 rings (SSSR count). The number of hydrogen-bond acceptors (Lipinski definition) is 3. The summed E-state index contributed by atoms with van der Waals surface area (Å²) >= 11 is 6.32. The Hall–Kier alpha value is -1.07. The third kappa shape index (κ3) is 3.56. The fourth-order valence-corrected chi connectivity index (χ4v) is 4.36. The van der Waals surface area contributed by atoms with Gasteiger partial charge in [-0.05, 0) is 32.7 Å². The molecule has 0 unspecified atom stereocenters. The van der Waals surface area contributed by atoms with Crippen LogP contribution in [0.5, 0.6) is 0 Å². The summed E-state index contributed by atoms with van der Waals surface area (Å²) in [4.78, 5) is 16.7. The molecule has 2 aliphatic rings. The predicted octanol–water partition coefficient (Wildman–Crippen LogP) is 2.60. The Bertz CT molecular complexity index is 579.